The van der Waals surface area contributed by atoms with E-state index in [1.807, 2.05) is 0 Å². The minimum atomic E-state index is 0.616. The van der Waals surface area contributed by atoms with Crippen LogP contribution in [0.5, 0.6) is 0 Å². The largest absolute Gasteiger partial charge is 0.384 e. The predicted octanol–water partition coefficient (Wildman–Crippen LogP) is -0.189. The Morgan fingerprint density at radius 2 is 2.06 bits per heavy atom. The number of hydrazine groups is 1. The van der Waals surface area contributed by atoms with E-state index in [4.69, 9.17) is 15.3 Å². The second-order valence-electron chi connectivity index (χ2n) is 4.23. The van der Waals surface area contributed by atoms with Gasteiger partial charge in [-0.2, -0.15) is 0 Å². The topological polar surface area (TPSA) is 72.1 Å². The van der Waals surface area contributed by atoms with Gasteiger partial charge in [-0.15, -0.1) is 0 Å². The molecule has 1 rings (SSSR count). The summed E-state index contributed by atoms with van der Waals surface area (Å²) in [4.78, 5) is 6.56. The first-order chi connectivity index (χ1) is 8.31. The second-order valence-corrected chi connectivity index (χ2v) is 4.23. The number of nitrogens with zero attached hydrogens (tertiary/aromatic N) is 2. The summed E-state index contributed by atoms with van der Waals surface area (Å²) in [5.74, 6) is 6.91. The molecule has 100 valence electrons. The molecular weight excluding hydrogens is 220 g/mol. The molecule has 0 saturated carbocycles. The first kappa shape index (κ1) is 14.2. The Hall–Kier alpha value is -0.850. The van der Waals surface area contributed by atoms with Gasteiger partial charge in [-0.05, 0) is 18.8 Å². The van der Waals surface area contributed by atoms with Gasteiger partial charge >= 0.3 is 0 Å². The molecular formula is C11H24N4O2. The Morgan fingerprint density at radius 1 is 1.35 bits per heavy atom. The van der Waals surface area contributed by atoms with Gasteiger partial charge in [0, 0.05) is 33.9 Å². The maximum absolute atomic E-state index is 5.49. The zero-order valence-electron chi connectivity index (χ0n) is 10.8. The summed E-state index contributed by atoms with van der Waals surface area (Å²) < 4.78 is 10.1. The van der Waals surface area contributed by atoms with E-state index >= 15 is 0 Å². The Bertz CT molecular complexity index is 228. The number of rotatable bonds is 5. The van der Waals surface area contributed by atoms with Crippen molar-refractivity contribution < 1.29 is 9.47 Å². The van der Waals surface area contributed by atoms with Crippen LogP contribution in [0, 0.1) is 5.92 Å². The van der Waals surface area contributed by atoms with Crippen LogP contribution in [0.25, 0.3) is 0 Å². The minimum absolute atomic E-state index is 0.616. The van der Waals surface area contributed by atoms with Crippen LogP contribution in [-0.2, 0) is 9.47 Å². The van der Waals surface area contributed by atoms with E-state index in [1.54, 1.807) is 14.2 Å². The van der Waals surface area contributed by atoms with Gasteiger partial charge in [-0.25, -0.2) is 10.8 Å². The number of piperidine rings is 1. The van der Waals surface area contributed by atoms with Crippen LogP contribution in [0.15, 0.2) is 4.99 Å². The highest BCUT2D eigenvalue weighted by Crippen LogP contribution is 2.17. The summed E-state index contributed by atoms with van der Waals surface area (Å²) >= 11 is 0. The number of aliphatic imine (C=N–C) groups is 1. The average molecular weight is 244 g/mol. The quantitative estimate of drug-likeness (QED) is 0.231. The monoisotopic (exact) mass is 244 g/mol. The van der Waals surface area contributed by atoms with Crippen molar-refractivity contribution in [3.63, 3.8) is 0 Å². The molecule has 0 bridgehead atoms. The van der Waals surface area contributed by atoms with Crippen molar-refractivity contribution in [1.82, 2.24) is 10.3 Å². The molecule has 1 fully saturated rings. The molecule has 3 N–H and O–H groups in total. The number of methoxy groups -OCH3 is 2. The number of likely N-dealkylation sites (tertiary alicyclic amines) is 1. The van der Waals surface area contributed by atoms with Gasteiger partial charge in [0.1, 0.15) is 0 Å². The highest BCUT2D eigenvalue weighted by molar-refractivity contribution is 5.79. The number of hydrogen-bond acceptors (Lipinski definition) is 4. The lowest BCUT2D eigenvalue weighted by atomic mass is 9.98. The lowest BCUT2D eigenvalue weighted by Crippen LogP contribution is -2.48. The third kappa shape index (κ3) is 4.89. The van der Waals surface area contributed by atoms with E-state index in [9.17, 15) is 0 Å². The highest BCUT2D eigenvalue weighted by Gasteiger charge is 2.20. The minimum Gasteiger partial charge on any atom is -0.384 e. The molecule has 0 aliphatic carbocycles. The van der Waals surface area contributed by atoms with Crippen LogP contribution < -0.4 is 11.3 Å². The molecule has 1 heterocycles. The van der Waals surface area contributed by atoms with Gasteiger partial charge in [0.25, 0.3) is 0 Å². The van der Waals surface area contributed by atoms with Gasteiger partial charge in [0.2, 0.25) is 5.96 Å². The van der Waals surface area contributed by atoms with E-state index < -0.39 is 0 Å². The first-order valence-corrected chi connectivity index (χ1v) is 6.05. The molecule has 6 nitrogen and oxygen atoms in total. The second kappa shape index (κ2) is 8.27. The number of nitrogens with two attached hydrogens (primary N) is 1. The van der Waals surface area contributed by atoms with Crippen LogP contribution in [-0.4, -0.2) is 57.9 Å². The van der Waals surface area contributed by atoms with Crippen molar-refractivity contribution in [2.75, 3.05) is 47.1 Å². The lowest BCUT2D eigenvalue weighted by molar-refractivity contribution is 0.118. The molecule has 1 aliphatic heterocycles. The van der Waals surface area contributed by atoms with Crippen LogP contribution >= 0.6 is 0 Å². The third-order valence-corrected chi connectivity index (χ3v) is 3.00. The molecule has 0 aromatic carbocycles. The average Bonchev–Trinajstić information content (AvgIpc) is 2.36. The molecule has 0 amide bonds. The number of guanidine groups is 1. The van der Waals surface area contributed by atoms with Gasteiger partial charge in [-0.1, -0.05) is 0 Å². The molecule has 0 spiro atoms. The molecule has 0 radical (unpaired) electrons. The summed E-state index contributed by atoms with van der Waals surface area (Å²) in [6.07, 6.45) is 2.25. The normalized spacial score (nSPS) is 18.5. The van der Waals surface area contributed by atoms with E-state index in [1.165, 1.54) is 0 Å². The number of ether oxygens (including phenoxy) is 2. The van der Waals surface area contributed by atoms with Gasteiger partial charge in [0.05, 0.1) is 13.2 Å². The Balaban J connectivity index is 2.36. The molecule has 1 saturated heterocycles. The van der Waals surface area contributed by atoms with Gasteiger partial charge in [0.15, 0.2) is 0 Å². The molecule has 1 aliphatic rings. The van der Waals surface area contributed by atoms with Crippen molar-refractivity contribution in [3.8, 4) is 0 Å². The standard InChI is InChI=1S/C11H24N4O2/c1-16-8-5-13-11(14-12)15-6-3-10(4-7-15)9-17-2/h10H,3-9,12H2,1-2H3,(H,13,14). The fraction of sp³-hybridized carbons (Fsp3) is 0.909. The summed E-state index contributed by atoms with van der Waals surface area (Å²) in [7, 11) is 3.42. The number of hydrogen-bond donors (Lipinski definition) is 2. The van der Waals surface area contributed by atoms with Crippen molar-refractivity contribution in [2.45, 2.75) is 12.8 Å². The van der Waals surface area contributed by atoms with E-state index in [2.05, 4.69) is 15.3 Å². The summed E-state index contributed by atoms with van der Waals surface area (Å²) in [5.41, 5.74) is 2.67. The molecule has 0 aromatic heterocycles. The summed E-state index contributed by atoms with van der Waals surface area (Å²) in [5, 5.41) is 0. The number of nitrogens with one attached hydrogen (secondary N) is 1. The van der Waals surface area contributed by atoms with Crippen LogP contribution in [0.4, 0.5) is 0 Å². The maximum Gasteiger partial charge on any atom is 0.208 e. The van der Waals surface area contributed by atoms with Crippen molar-refractivity contribution >= 4 is 5.96 Å². The highest BCUT2D eigenvalue weighted by atomic mass is 16.5. The molecule has 6 heteroatoms. The fourth-order valence-electron chi connectivity index (χ4n) is 2.03. The van der Waals surface area contributed by atoms with Gasteiger partial charge in [-0.3, -0.25) is 5.43 Å². The molecule has 0 aromatic rings. The molecule has 0 unspecified atom stereocenters. The molecule has 17 heavy (non-hydrogen) atoms. The summed E-state index contributed by atoms with van der Waals surface area (Å²) in [6.45, 7) is 4.05. The lowest BCUT2D eigenvalue weighted by Gasteiger charge is -2.33. The van der Waals surface area contributed by atoms with E-state index in [0.717, 1.165) is 38.5 Å². The Morgan fingerprint density at radius 3 is 2.59 bits per heavy atom. The summed E-state index contributed by atoms with van der Waals surface area (Å²) in [6, 6.07) is 0. The first-order valence-electron chi connectivity index (χ1n) is 6.05. The third-order valence-electron chi connectivity index (χ3n) is 3.00. The fourth-order valence-corrected chi connectivity index (χ4v) is 2.03. The van der Waals surface area contributed by atoms with Crippen LogP contribution in [0.3, 0.4) is 0 Å². The maximum atomic E-state index is 5.49. The van der Waals surface area contributed by atoms with Gasteiger partial charge < -0.3 is 14.4 Å². The Labute approximate surface area is 103 Å². The predicted molar refractivity (Wildman–Crippen MR) is 67.7 cm³/mol. The SMILES string of the molecule is COCCN=C(NN)N1CCC(COC)CC1. The zero-order chi connectivity index (χ0) is 12.5. The van der Waals surface area contributed by atoms with Crippen LogP contribution in [0.2, 0.25) is 0 Å². The van der Waals surface area contributed by atoms with Crippen LogP contribution in [0.1, 0.15) is 12.8 Å². The van der Waals surface area contributed by atoms with E-state index in [-0.39, 0.29) is 0 Å². The zero-order valence-corrected chi connectivity index (χ0v) is 10.8. The smallest absolute Gasteiger partial charge is 0.208 e. The molecule has 0 atom stereocenters. The van der Waals surface area contributed by atoms with Crippen molar-refractivity contribution in [2.24, 2.45) is 16.8 Å². The Kier molecular flexibility index (Phi) is 6.91. The van der Waals surface area contributed by atoms with Crippen molar-refractivity contribution in [3.05, 3.63) is 0 Å². The van der Waals surface area contributed by atoms with E-state index in [0.29, 0.717) is 19.1 Å². The van der Waals surface area contributed by atoms with Crippen molar-refractivity contribution in [1.29, 1.82) is 0 Å².